The summed E-state index contributed by atoms with van der Waals surface area (Å²) in [6.45, 7) is 2.07. The Balaban J connectivity index is 1.95. The first kappa shape index (κ1) is 15.1. The minimum atomic E-state index is -0.385. The predicted molar refractivity (Wildman–Crippen MR) is 91.3 cm³/mol. The van der Waals surface area contributed by atoms with E-state index in [1.54, 1.807) is 19.2 Å². The van der Waals surface area contributed by atoms with Gasteiger partial charge in [0.1, 0.15) is 0 Å². The summed E-state index contributed by atoms with van der Waals surface area (Å²) in [5.74, 6) is 0.616. The van der Waals surface area contributed by atoms with Crippen molar-refractivity contribution in [3.63, 3.8) is 0 Å². The number of benzene rings is 3. The van der Waals surface area contributed by atoms with Gasteiger partial charge < -0.3 is 9.47 Å². The number of hydrogen-bond acceptors (Lipinski definition) is 3. The number of esters is 1. The van der Waals surface area contributed by atoms with Gasteiger partial charge in [-0.2, -0.15) is 0 Å². The molecule has 0 bridgehead atoms. The van der Waals surface area contributed by atoms with Gasteiger partial charge in [-0.25, -0.2) is 4.79 Å². The summed E-state index contributed by atoms with van der Waals surface area (Å²) in [6.07, 6.45) is 0.897. The van der Waals surface area contributed by atoms with E-state index < -0.39 is 0 Å². The Kier molecular flexibility index (Phi) is 4.29. The highest BCUT2D eigenvalue weighted by Gasteiger charge is 2.15. The maximum absolute atomic E-state index is 12.6. The number of fused-ring (bicyclic) bond motifs is 1. The van der Waals surface area contributed by atoms with Crippen LogP contribution in [-0.4, -0.2) is 13.1 Å². The second-order valence-corrected chi connectivity index (χ2v) is 5.25. The van der Waals surface area contributed by atoms with E-state index in [0.717, 1.165) is 22.8 Å². The molecule has 0 radical (unpaired) electrons. The smallest absolute Gasteiger partial charge is 0.344 e. The number of methoxy groups -OCH3 is 1. The van der Waals surface area contributed by atoms with Crippen LogP contribution >= 0.6 is 0 Å². The number of ether oxygens (including phenoxy) is 2. The Morgan fingerprint density at radius 2 is 1.74 bits per heavy atom. The molecule has 0 aliphatic rings. The summed E-state index contributed by atoms with van der Waals surface area (Å²) in [5, 5.41) is 1.89. The van der Waals surface area contributed by atoms with Crippen molar-refractivity contribution in [2.24, 2.45) is 0 Å². The predicted octanol–water partition coefficient (Wildman–Crippen LogP) is 4.63. The first-order chi connectivity index (χ1) is 11.2. The topological polar surface area (TPSA) is 35.5 Å². The van der Waals surface area contributed by atoms with Crippen molar-refractivity contribution in [1.29, 1.82) is 0 Å². The normalized spacial score (nSPS) is 10.5. The molecule has 116 valence electrons. The molecule has 0 aliphatic carbocycles. The molecule has 0 spiro atoms. The number of aryl methyl sites for hydroxylation is 1. The lowest BCUT2D eigenvalue weighted by Gasteiger charge is -2.11. The van der Waals surface area contributed by atoms with E-state index in [1.807, 2.05) is 48.5 Å². The van der Waals surface area contributed by atoms with Gasteiger partial charge in [-0.1, -0.05) is 49.4 Å². The van der Waals surface area contributed by atoms with Crippen molar-refractivity contribution in [3.8, 4) is 11.5 Å². The van der Waals surface area contributed by atoms with Gasteiger partial charge in [0, 0.05) is 0 Å². The second-order valence-electron chi connectivity index (χ2n) is 5.25. The lowest BCUT2D eigenvalue weighted by atomic mass is 10.0. The van der Waals surface area contributed by atoms with Crippen LogP contribution in [0.4, 0.5) is 0 Å². The molecule has 3 aromatic carbocycles. The first-order valence-corrected chi connectivity index (χ1v) is 7.59. The van der Waals surface area contributed by atoms with E-state index in [1.165, 1.54) is 0 Å². The van der Waals surface area contributed by atoms with Gasteiger partial charge in [0.2, 0.25) is 0 Å². The second kappa shape index (κ2) is 6.53. The molecule has 0 aliphatic heterocycles. The zero-order valence-electron chi connectivity index (χ0n) is 13.2. The highest BCUT2D eigenvalue weighted by atomic mass is 16.6. The fourth-order valence-electron chi connectivity index (χ4n) is 2.57. The molecule has 3 rings (SSSR count). The number of carbonyl (C=O) groups excluding carboxylic acids is 1. The maximum Gasteiger partial charge on any atom is 0.344 e. The monoisotopic (exact) mass is 306 g/mol. The van der Waals surface area contributed by atoms with E-state index in [9.17, 15) is 4.79 Å². The SMILES string of the molecule is CCc1ccc(OC(=O)c2cccc3ccccc23)c(OC)c1. The van der Waals surface area contributed by atoms with Gasteiger partial charge in [-0.3, -0.25) is 0 Å². The molecule has 0 saturated heterocycles. The molecule has 0 saturated carbocycles. The Bertz CT molecular complexity index is 847. The molecular weight excluding hydrogens is 288 g/mol. The third-order valence-corrected chi connectivity index (χ3v) is 3.85. The quantitative estimate of drug-likeness (QED) is 0.521. The molecular formula is C20H18O3. The molecule has 0 N–H and O–H groups in total. The minimum absolute atomic E-state index is 0.385. The van der Waals surface area contributed by atoms with Gasteiger partial charge in [0.25, 0.3) is 0 Å². The highest BCUT2D eigenvalue weighted by molar-refractivity contribution is 6.05. The number of rotatable bonds is 4. The Morgan fingerprint density at radius 1 is 0.957 bits per heavy atom. The maximum atomic E-state index is 12.6. The summed E-state index contributed by atoms with van der Waals surface area (Å²) in [4.78, 5) is 12.6. The van der Waals surface area contributed by atoms with Crippen LogP contribution in [0.25, 0.3) is 10.8 Å². The molecule has 0 amide bonds. The third-order valence-electron chi connectivity index (χ3n) is 3.85. The fourth-order valence-corrected chi connectivity index (χ4v) is 2.57. The van der Waals surface area contributed by atoms with Crippen molar-refractivity contribution < 1.29 is 14.3 Å². The summed E-state index contributed by atoms with van der Waals surface area (Å²) < 4.78 is 10.9. The zero-order chi connectivity index (χ0) is 16.2. The van der Waals surface area contributed by atoms with E-state index in [2.05, 4.69) is 6.92 Å². The Morgan fingerprint density at radius 3 is 2.52 bits per heavy atom. The molecule has 0 atom stereocenters. The van der Waals surface area contributed by atoms with E-state index in [0.29, 0.717) is 17.1 Å². The van der Waals surface area contributed by atoms with E-state index >= 15 is 0 Å². The van der Waals surface area contributed by atoms with Crippen LogP contribution in [0.3, 0.4) is 0 Å². The van der Waals surface area contributed by atoms with Crippen LogP contribution in [0.15, 0.2) is 60.7 Å². The number of carbonyl (C=O) groups is 1. The standard InChI is InChI=1S/C20H18O3/c1-3-14-11-12-18(19(13-14)22-2)23-20(21)17-10-6-8-15-7-4-5-9-16(15)17/h4-13H,3H2,1-2H3. The average Bonchev–Trinajstić information content (AvgIpc) is 2.61. The van der Waals surface area contributed by atoms with Gasteiger partial charge in [0.05, 0.1) is 12.7 Å². The molecule has 3 nitrogen and oxygen atoms in total. The highest BCUT2D eigenvalue weighted by Crippen LogP contribution is 2.30. The van der Waals surface area contributed by atoms with Gasteiger partial charge in [-0.05, 0) is 41.0 Å². The summed E-state index contributed by atoms with van der Waals surface area (Å²) >= 11 is 0. The lowest BCUT2D eigenvalue weighted by molar-refractivity contribution is 0.0732. The zero-order valence-corrected chi connectivity index (χ0v) is 13.2. The molecule has 0 fully saturated rings. The van der Waals surface area contributed by atoms with Crippen LogP contribution in [0.1, 0.15) is 22.8 Å². The van der Waals surface area contributed by atoms with Crippen LogP contribution in [-0.2, 0) is 6.42 Å². The molecule has 3 heteroatoms. The van der Waals surface area contributed by atoms with Crippen molar-refractivity contribution in [2.75, 3.05) is 7.11 Å². The first-order valence-electron chi connectivity index (χ1n) is 7.59. The van der Waals surface area contributed by atoms with Crippen molar-refractivity contribution in [1.82, 2.24) is 0 Å². The lowest BCUT2D eigenvalue weighted by Crippen LogP contribution is -2.10. The summed E-state index contributed by atoms with van der Waals surface area (Å²) in [7, 11) is 1.57. The van der Waals surface area contributed by atoms with E-state index in [-0.39, 0.29) is 5.97 Å². The van der Waals surface area contributed by atoms with Gasteiger partial charge in [-0.15, -0.1) is 0 Å². The summed E-state index contributed by atoms with van der Waals surface area (Å²) in [5.41, 5.74) is 1.68. The van der Waals surface area contributed by atoms with Crippen molar-refractivity contribution in [3.05, 3.63) is 71.8 Å². The molecule has 0 aromatic heterocycles. The van der Waals surface area contributed by atoms with Crippen molar-refractivity contribution >= 4 is 16.7 Å². The fraction of sp³-hybridized carbons (Fsp3) is 0.150. The van der Waals surface area contributed by atoms with Crippen molar-refractivity contribution in [2.45, 2.75) is 13.3 Å². The molecule has 0 heterocycles. The average molecular weight is 306 g/mol. The van der Waals surface area contributed by atoms with Gasteiger partial charge in [0.15, 0.2) is 11.5 Å². The van der Waals surface area contributed by atoms with Crippen LogP contribution in [0, 0.1) is 0 Å². The molecule has 23 heavy (non-hydrogen) atoms. The molecule has 0 unspecified atom stereocenters. The molecule has 3 aromatic rings. The van der Waals surface area contributed by atoms with Crippen LogP contribution < -0.4 is 9.47 Å². The van der Waals surface area contributed by atoms with Gasteiger partial charge >= 0.3 is 5.97 Å². The Hall–Kier alpha value is -2.81. The van der Waals surface area contributed by atoms with Crippen LogP contribution in [0.2, 0.25) is 0 Å². The number of hydrogen-bond donors (Lipinski definition) is 0. The minimum Gasteiger partial charge on any atom is -0.493 e. The summed E-state index contributed by atoms with van der Waals surface area (Å²) in [6, 6.07) is 19.0. The Labute approximate surface area is 135 Å². The van der Waals surface area contributed by atoms with Crippen LogP contribution in [0.5, 0.6) is 11.5 Å². The largest absolute Gasteiger partial charge is 0.493 e. The third kappa shape index (κ3) is 3.04. The van der Waals surface area contributed by atoms with E-state index in [4.69, 9.17) is 9.47 Å².